The molecule has 2 amide bonds. The molecular formula is C28H27ClFN3O6S. The van der Waals surface area contributed by atoms with Crippen LogP contribution in [0.25, 0.3) is 0 Å². The predicted octanol–water partition coefficient (Wildman–Crippen LogP) is 5.27. The standard InChI is InChI=1S/C28H27ClFN3O6S/c1-15(16-11-12-21(22(13-16)37-2)39-14-18-19(29)8-6-9-20(18)30)32-33-26(35)25(34)31-27-24(28(36)38-3)17-7-4-5-10-23(17)40-27/h6,8-9,11-13H,4-5,7,10,14H2,1-3H3,(H,31,34)(H,33,35). The molecule has 0 bridgehead atoms. The lowest BCUT2D eigenvalue weighted by Gasteiger charge is -2.13. The van der Waals surface area contributed by atoms with E-state index in [1.807, 2.05) is 0 Å². The van der Waals surface area contributed by atoms with Gasteiger partial charge in [-0.3, -0.25) is 9.59 Å². The summed E-state index contributed by atoms with van der Waals surface area (Å²) in [6, 6.07) is 9.29. The van der Waals surface area contributed by atoms with Gasteiger partial charge in [-0.1, -0.05) is 17.7 Å². The Bertz CT molecular complexity index is 1470. The number of carbonyl (C=O) groups excluding carboxylic acids is 3. The van der Waals surface area contributed by atoms with E-state index in [4.69, 9.17) is 25.8 Å². The lowest BCUT2D eigenvalue weighted by atomic mass is 9.95. The van der Waals surface area contributed by atoms with E-state index < -0.39 is 23.6 Å². The summed E-state index contributed by atoms with van der Waals surface area (Å²) in [5, 5.41) is 7.09. The molecule has 0 unspecified atom stereocenters. The first-order valence-corrected chi connectivity index (χ1v) is 13.6. The second-order valence-corrected chi connectivity index (χ2v) is 10.4. The fourth-order valence-electron chi connectivity index (χ4n) is 4.21. The Hall–Kier alpha value is -3.96. The largest absolute Gasteiger partial charge is 0.493 e. The van der Waals surface area contributed by atoms with Crippen molar-refractivity contribution >= 4 is 51.4 Å². The van der Waals surface area contributed by atoms with Gasteiger partial charge in [-0.05, 0) is 68.5 Å². The van der Waals surface area contributed by atoms with Gasteiger partial charge in [0, 0.05) is 16.0 Å². The number of aryl methyl sites for hydroxylation is 1. The summed E-state index contributed by atoms with van der Waals surface area (Å²) in [5.41, 5.74) is 4.58. The predicted molar refractivity (Wildman–Crippen MR) is 150 cm³/mol. The molecule has 9 nitrogen and oxygen atoms in total. The van der Waals surface area contributed by atoms with Crippen molar-refractivity contribution in [2.45, 2.75) is 39.2 Å². The number of thiophene rings is 1. The second kappa shape index (κ2) is 12.9. The van der Waals surface area contributed by atoms with Crippen molar-refractivity contribution in [1.82, 2.24) is 5.43 Å². The van der Waals surface area contributed by atoms with E-state index in [0.717, 1.165) is 29.7 Å². The van der Waals surface area contributed by atoms with Crippen LogP contribution in [0.15, 0.2) is 41.5 Å². The summed E-state index contributed by atoms with van der Waals surface area (Å²) in [4.78, 5) is 38.5. The van der Waals surface area contributed by atoms with E-state index in [0.29, 0.717) is 34.8 Å². The minimum absolute atomic E-state index is 0.107. The molecule has 40 heavy (non-hydrogen) atoms. The number of methoxy groups -OCH3 is 2. The molecule has 3 aromatic rings. The van der Waals surface area contributed by atoms with Crippen molar-refractivity contribution in [2.75, 3.05) is 19.5 Å². The molecule has 0 radical (unpaired) electrons. The number of esters is 1. The Balaban J connectivity index is 1.42. The highest BCUT2D eigenvalue weighted by Gasteiger charge is 2.28. The summed E-state index contributed by atoms with van der Waals surface area (Å²) in [6.07, 6.45) is 3.45. The SMILES string of the molecule is COC(=O)c1c(NC(=O)C(=O)NN=C(C)c2ccc(OCc3c(F)cccc3Cl)c(OC)c2)sc2c1CCCC2. The van der Waals surface area contributed by atoms with Crippen molar-refractivity contribution in [3.8, 4) is 11.5 Å². The molecule has 210 valence electrons. The normalized spacial score (nSPS) is 12.8. The van der Waals surface area contributed by atoms with Crippen molar-refractivity contribution in [1.29, 1.82) is 0 Å². The molecule has 12 heteroatoms. The number of nitrogens with zero attached hydrogens (tertiary/aromatic N) is 1. The van der Waals surface area contributed by atoms with Gasteiger partial charge in [0.25, 0.3) is 0 Å². The summed E-state index contributed by atoms with van der Waals surface area (Å²) in [7, 11) is 2.73. The molecule has 0 saturated heterocycles. The minimum atomic E-state index is -1.00. The molecule has 1 heterocycles. The van der Waals surface area contributed by atoms with Gasteiger partial charge in [-0.2, -0.15) is 5.10 Å². The number of hydrazone groups is 1. The quantitative estimate of drug-likeness (QED) is 0.160. The fraction of sp³-hybridized carbons (Fsp3) is 0.286. The molecule has 0 saturated carbocycles. The summed E-state index contributed by atoms with van der Waals surface area (Å²) in [6.45, 7) is 1.53. The maximum absolute atomic E-state index is 14.1. The number of amides is 2. The number of nitrogens with one attached hydrogen (secondary N) is 2. The van der Waals surface area contributed by atoms with Crippen LogP contribution in [0, 0.1) is 5.82 Å². The highest BCUT2D eigenvalue weighted by atomic mass is 35.5. The maximum atomic E-state index is 14.1. The lowest BCUT2D eigenvalue weighted by molar-refractivity contribution is -0.136. The average molecular weight is 588 g/mol. The van der Waals surface area contributed by atoms with Gasteiger partial charge in [-0.15, -0.1) is 11.3 Å². The van der Waals surface area contributed by atoms with Crippen molar-refractivity contribution in [3.63, 3.8) is 0 Å². The average Bonchev–Trinajstić information content (AvgIpc) is 3.32. The van der Waals surface area contributed by atoms with E-state index in [2.05, 4.69) is 15.8 Å². The summed E-state index contributed by atoms with van der Waals surface area (Å²) < 4.78 is 30.1. The third-order valence-electron chi connectivity index (χ3n) is 6.33. The van der Waals surface area contributed by atoms with Crippen LogP contribution in [0.1, 0.15) is 51.7 Å². The molecule has 0 fully saturated rings. The van der Waals surface area contributed by atoms with Gasteiger partial charge in [0.2, 0.25) is 0 Å². The number of rotatable bonds is 8. The topological polar surface area (TPSA) is 115 Å². The molecule has 0 aliphatic heterocycles. The Morgan fingerprint density at radius 2 is 1.85 bits per heavy atom. The first-order chi connectivity index (χ1) is 19.2. The second-order valence-electron chi connectivity index (χ2n) is 8.85. The molecule has 0 spiro atoms. The first-order valence-electron chi connectivity index (χ1n) is 12.4. The molecule has 1 aromatic heterocycles. The van der Waals surface area contributed by atoms with Gasteiger partial charge >= 0.3 is 17.8 Å². The third-order valence-corrected chi connectivity index (χ3v) is 7.90. The molecule has 1 aliphatic rings. The minimum Gasteiger partial charge on any atom is -0.493 e. The third kappa shape index (κ3) is 6.43. The van der Waals surface area contributed by atoms with E-state index in [-0.39, 0.29) is 22.2 Å². The van der Waals surface area contributed by atoms with Gasteiger partial charge in [0.1, 0.15) is 17.4 Å². The van der Waals surface area contributed by atoms with Crippen LogP contribution in [0.5, 0.6) is 11.5 Å². The van der Waals surface area contributed by atoms with Crippen molar-refractivity contribution in [2.24, 2.45) is 5.10 Å². The van der Waals surface area contributed by atoms with Gasteiger partial charge < -0.3 is 19.5 Å². The molecule has 2 aromatic carbocycles. The van der Waals surface area contributed by atoms with Crippen LogP contribution in [-0.2, 0) is 33.8 Å². The first kappa shape index (κ1) is 29.0. The highest BCUT2D eigenvalue weighted by molar-refractivity contribution is 7.17. The zero-order valence-corrected chi connectivity index (χ0v) is 23.6. The van der Waals surface area contributed by atoms with Crippen LogP contribution < -0.4 is 20.2 Å². The number of benzene rings is 2. The van der Waals surface area contributed by atoms with E-state index >= 15 is 0 Å². The van der Waals surface area contributed by atoms with Crippen LogP contribution in [0.3, 0.4) is 0 Å². The molecule has 2 N–H and O–H groups in total. The van der Waals surface area contributed by atoms with E-state index in [1.165, 1.54) is 37.7 Å². The zero-order chi connectivity index (χ0) is 28.8. The zero-order valence-electron chi connectivity index (χ0n) is 22.1. The number of carbonyl (C=O) groups is 3. The molecule has 0 atom stereocenters. The number of fused-ring (bicyclic) bond motifs is 1. The molecule has 1 aliphatic carbocycles. The Labute approximate surface area is 239 Å². The monoisotopic (exact) mass is 587 g/mol. The van der Waals surface area contributed by atoms with Gasteiger partial charge in [0.05, 0.1) is 30.5 Å². The fourth-order valence-corrected chi connectivity index (χ4v) is 5.70. The van der Waals surface area contributed by atoms with Crippen molar-refractivity contribution in [3.05, 3.63) is 74.4 Å². The van der Waals surface area contributed by atoms with Gasteiger partial charge in [-0.25, -0.2) is 14.6 Å². The summed E-state index contributed by atoms with van der Waals surface area (Å²) in [5.74, 6) is -2.31. The Kier molecular flexibility index (Phi) is 9.38. The van der Waals surface area contributed by atoms with Gasteiger partial charge in [0.15, 0.2) is 11.5 Å². The maximum Gasteiger partial charge on any atom is 0.341 e. The molecule has 4 rings (SSSR count). The highest BCUT2D eigenvalue weighted by Crippen LogP contribution is 2.38. The number of anilines is 1. The number of hydrogen-bond donors (Lipinski definition) is 2. The number of ether oxygens (including phenoxy) is 3. The Morgan fingerprint density at radius 3 is 2.58 bits per heavy atom. The van der Waals surface area contributed by atoms with Crippen LogP contribution in [0.2, 0.25) is 5.02 Å². The number of hydrogen-bond acceptors (Lipinski definition) is 8. The van der Waals surface area contributed by atoms with Crippen molar-refractivity contribution < 1.29 is 33.0 Å². The molecular weight excluding hydrogens is 561 g/mol. The van der Waals surface area contributed by atoms with Crippen LogP contribution in [-0.4, -0.2) is 37.7 Å². The summed E-state index contributed by atoms with van der Waals surface area (Å²) >= 11 is 7.35. The smallest absolute Gasteiger partial charge is 0.341 e. The number of halogens is 2. The van der Waals surface area contributed by atoms with E-state index in [9.17, 15) is 18.8 Å². The lowest BCUT2D eigenvalue weighted by Crippen LogP contribution is -2.33. The van der Waals surface area contributed by atoms with Crippen LogP contribution in [0.4, 0.5) is 9.39 Å². The van der Waals surface area contributed by atoms with Crippen LogP contribution >= 0.6 is 22.9 Å². The Morgan fingerprint density at radius 1 is 1.07 bits per heavy atom. The van der Waals surface area contributed by atoms with E-state index in [1.54, 1.807) is 31.2 Å².